The fourth-order valence-electron chi connectivity index (χ4n) is 10.4. The molecule has 94 heavy (non-hydrogen) atoms. The van der Waals surface area contributed by atoms with E-state index in [0.29, 0.717) is 69.2 Å². The van der Waals surface area contributed by atoms with Crippen LogP contribution in [0.15, 0.2) is 156 Å². The zero-order chi connectivity index (χ0) is 67.1. The van der Waals surface area contributed by atoms with E-state index in [9.17, 15) is 43.8 Å². The molecule has 10 rings (SSSR count). The van der Waals surface area contributed by atoms with E-state index in [1.54, 1.807) is 60.3 Å². The molecule has 2 aliphatic rings. The molecule has 0 unspecified atom stereocenters. The van der Waals surface area contributed by atoms with Crippen LogP contribution in [0.3, 0.4) is 0 Å². The van der Waals surface area contributed by atoms with Crippen LogP contribution in [0.4, 0.5) is 22.7 Å². The quantitative estimate of drug-likeness (QED) is 0.0339. The number of amides is 2. The van der Waals surface area contributed by atoms with Crippen LogP contribution in [0.1, 0.15) is 55.8 Å². The number of likely N-dealkylation sites (N-methyl/N-ethyl adjacent to an activating group) is 4. The summed E-state index contributed by atoms with van der Waals surface area (Å²) in [5.74, 6) is -5.95. The van der Waals surface area contributed by atoms with Crippen molar-refractivity contribution in [3.8, 4) is 11.8 Å². The molecule has 2 saturated heterocycles. The molecule has 26 nitrogen and oxygen atoms in total. The van der Waals surface area contributed by atoms with Crippen molar-refractivity contribution in [1.82, 2.24) is 29.6 Å². The Labute approximate surface area is 541 Å². The van der Waals surface area contributed by atoms with Gasteiger partial charge in [-0.25, -0.2) is 24.4 Å². The van der Waals surface area contributed by atoms with Crippen LogP contribution in [-0.2, 0) is 33.4 Å². The minimum Gasteiger partial charge on any atom is -0.494 e. The number of aromatic nitrogens is 2. The molecule has 4 heterocycles. The number of fused-ring (bicyclic) bond motifs is 2. The number of rotatable bonds is 19. The van der Waals surface area contributed by atoms with Crippen LogP contribution in [0.2, 0.25) is 0 Å². The molecule has 10 N–H and O–H groups in total. The number of hydrogen-bond donors (Lipinski definition) is 8. The summed E-state index contributed by atoms with van der Waals surface area (Å²) in [5.41, 5.74) is 5.94. The predicted octanol–water partition coefficient (Wildman–Crippen LogP) is 6.01. The van der Waals surface area contributed by atoms with Gasteiger partial charge in [0, 0.05) is 111 Å². The number of ether oxygens (including phenoxy) is 2. The number of aromatic amines is 2. The van der Waals surface area contributed by atoms with E-state index in [4.69, 9.17) is 39.9 Å². The molecular formula is C68H76N10O16. The van der Waals surface area contributed by atoms with Gasteiger partial charge in [-0.15, -0.1) is 0 Å². The Kier molecular flexibility index (Phi) is 24.2. The second-order valence-electron chi connectivity index (χ2n) is 22.4. The lowest BCUT2D eigenvalue weighted by atomic mass is 9.96. The highest BCUT2D eigenvalue weighted by molar-refractivity contribution is 6.23. The van der Waals surface area contributed by atoms with E-state index in [2.05, 4.69) is 43.7 Å². The number of aliphatic hydroxyl groups is 1. The standard InChI is InChI=1S/2C31H33N5O4.C6H8O7.H2O/c2*1-34-15-17-36(18-16-34)20-27(37)35(2)24-12-10-23(11-13-24)32-29(21-7-5-4-6-8-21)28-25-14-9-22(31(39)40-3)19-26(25)33-30(28)38;7-3(8)1-6(13,5(11)12)2-4(9)10;/h2*4-14,19,33,38H,15-18,20H2,1-3H3;13H,1-2H2,(H,7,8)(H,9,10)(H,11,12);1H2. The highest BCUT2D eigenvalue weighted by atomic mass is 16.5. The van der Waals surface area contributed by atoms with Crippen molar-refractivity contribution >= 4 is 97.6 Å². The van der Waals surface area contributed by atoms with E-state index in [-0.39, 0.29) is 29.1 Å². The first-order valence-corrected chi connectivity index (χ1v) is 29.5. The number of methoxy groups -OCH3 is 2. The largest absolute Gasteiger partial charge is 0.494 e. The number of carboxylic acids is 3. The first-order chi connectivity index (χ1) is 44.4. The van der Waals surface area contributed by atoms with Crippen molar-refractivity contribution in [2.45, 2.75) is 18.4 Å². The molecule has 2 amide bonds. The number of carbonyl (C=O) groups is 7. The van der Waals surface area contributed by atoms with E-state index in [1.807, 2.05) is 109 Å². The summed E-state index contributed by atoms with van der Waals surface area (Å²) in [6.45, 7) is 8.18. The molecule has 0 aliphatic carbocycles. The number of aliphatic imine (C=N–C) groups is 2. The summed E-state index contributed by atoms with van der Waals surface area (Å²) in [6.07, 6.45) is -2.29. The number of aromatic hydroxyl groups is 2. The summed E-state index contributed by atoms with van der Waals surface area (Å²) in [6, 6.07) is 44.3. The van der Waals surface area contributed by atoms with Crippen LogP contribution in [0, 0.1) is 0 Å². The van der Waals surface area contributed by atoms with Crippen molar-refractivity contribution in [3.05, 3.63) is 179 Å². The molecule has 0 saturated carbocycles. The number of nitrogens with zero attached hydrogens (tertiary/aromatic N) is 8. The van der Waals surface area contributed by atoms with E-state index in [0.717, 1.165) is 85.6 Å². The predicted molar refractivity (Wildman–Crippen MR) is 354 cm³/mol. The van der Waals surface area contributed by atoms with Crippen molar-refractivity contribution in [2.75, 3.05) is 118 Å². The molecule has 494 valence electrons. The number of benzene rings is 6. The highest BCUT2D eigenvalue weighted by Gasteiger charge is 2.41. The van der Waals surface area contributed by atoms with Crippen molar-refractivity contribution in [1.29, 1.82) is 0 Å². The van der Waals surface area contributed by atoms with E-state index < -0.39 is 48.3 Å². The third kappa shape index (κ3) is 17.9. The maximum Gasteiger partial charge on any atom is 0.337 e. The zero-order valence-electron chi connectivity index (χ0n) is 52.8. The topological polar surface area (TPSA) is 367 Å². The van der Waals surface area contributed by atoms with Gasteiger partial charge in [-0.3, -0.25) is 29.0 Å². The number of aliphatic carboxylic acids is 3. The Balaban J connectivity index is 0.000000222. The first kappa shape index (κ1) is 70.8. The van der Waals surface area contributed by atoms with Crippen LogP contribution in [0.25, 0.3) is 21.8 Å². The summed E-state index contributed by atoms with van der Waals surface area (Å²) in [4.78, 5) is 108. The molecule has 2 fully saturated rings. The molecule has 2 aromatic heterocycles. The van der Waals surface area contributed by atoms with Crippen LogP contribution in [-0.4, -0.2) is 232 Å². The van der Waals surface area contributed by atoms with Gasteiger partial charge in [0.15, 0.2) is 17.4 Å². The number of carboxylic acid groups (broad SMARTS) is 3. The van der Waals surface area contributed by atoms with Gasteiger partial charge < -0.3 is 75.2 Å². The van der Waals surface area contributed by atoms with E-state index >= 15 is 0 Å². The number of anilines is 2. The third-order valence-corrected chi connectivity index (χ3v) is 15.9. The van der Waals surface area contributed by atoms with E-state index in [1.165, 1.54) is 14.2 Å². The Morgan fingerprint density at radius 1 is 0.500 bits per heavy atom. The lowest BCUT2D eigenvalue weighted by molar-refractivity contribution is -0.170. The minimum absolute atomic E-state index is 0. The number of piperazine rings is 2. The van der Waals surface area contributed by atoms with Gasteiger partial charge in [0.05, 0.1) is 85.2 Å². The normalized spacial score (nSPS) is 14.1. The number of esters is 2. The fraction of sp³-hybridized carbons (Fsp3) is 0.279. The van der Waals surface area contributed by atoms with Gasteiger partial charge in [0.2, 0.25) is 11.8 Å². The SMILES string of the molecule is COC(=O)c1ccc2c(C(=Nc3ccc(N(C)C(=O)CN4CCN(C)CC4)cc3)c3ccccc3)c(O)[nH]c2c1.COC(=O)c1ccc2c(C(=Nc3ccc(N(C)C(=O)CN4CCN(C)CC4)cc3)c3ccccc3)c(O)[nH]c2c1.O.O=C(O)CC(O)(CC(=O)O)C(=O)O. The number of H-pyrrole nitrogens is 2. The molecule has 2 aliphatic heterocycles. The van der Waals surface area contributed by atoms with Gasteiger partial charge in [0.1, 0.15) is 0 Å². The van der Waals surface area contributed by atoms with Gasteiger partial charge in [-0.05, 0) is 86.9 Å². The molecule has 6 aromatic carbocycles. The summed E-state index contributed by atoms with van der Waals surface area (Å²) < 4.78 is 9.67. The molecule has 0 spiro atoms. The second-order valence-corrected chi connectivity index (χ2v) is 22.4. The first-order valence-electron chi connectivity index (χ1n) is 29.5. The monoisotopic (exact) mass is 1290 g/mol. The van der Waals surface area contributed by atoms with Gasteiger partial charge in [-0.1, -0.05) is 72.8 Å². The lowest BCUT2D eigenvalue weighted by Gasteiger charge is -2.32. The molecule has 0 radical (unpaired) electrons. The van der Waals surface area contributed by atoms with Gasteiger partial charge >= 0.3 is 29.8 Å². The Hall–Kier alpha value is -10.6. The van der Waals surface area contributed by atoms with Crippen molar-refractivity contribution in [2.24, 2.45) is 9.98 Å². The molecular weight excluding hydrogens is 1210 g/mol. The van der Waals surface area contributed by atoms with Crippen molar-refractivity contribution < 1.29 is 79.2 Å². The molecule has 8 aromatic rings. The lowest BCUT2D eigenvalue weighted by Crippen LogP contribution is -2.48. The Morgan fingerprint density at radius 3 is 1.15 bits per heavy atom. The average molecular weight is 1290 g/mol. The van der Waals surface area contributed by atoms with Gasteiger partial charge in [-0.2, -0.15) is 0 Å². The molecule has 0 bridgehead atoms. The summed E-state index contributed by atoms with van der Waals surface area (Å²) in [7, 11) is 10.4. The summed E-state index contributed by atoms with van der Waals surface area (Å²) in [5, 5.41) is 57.2. The zero-order valence-corrected chi connectivity index (χ0v) is 52.8. The average Bonchev–Trinajstić information content (AvgIpc) is 1.63. The smallest absolute Gasteiger partial charge is 0.337 e. The summed E-state index contributed by atoms with van der Waals surface area (Å²) >= 11 is 0. The Morgan fingerprint density at radius 2 is 0.840 bits per heavy atom. The number of nitrogens with one attached hydrogen (secondary N) is 2. The minimum atomic E-state index is -2.74. The fourth-order valence-corrected chi connectivity index (χ4v) is 10.4. The molecule has 26 heteroatoms. The van der Waals surface area contributed by atoms with Crippen LogP contribution < -0.4 is 9.80 Å². The van der Waals surface area contributed by atoms with Crippen molar-refractivity contribution in [3.63, 3.8) is 0 Å². The maximum absolute atomic E-state index is 12.9. The second kappa shape index (κ2) is 32.1. The Bertz CT molecular complexity index is 3790. The van der Waals surface area contributed by atoms with Gasteiger partial charge in [0.25, 0.3) is 0 Å². The van der Waals surface area contributed by atoms with Crippen LogP contribution >= 0.6 is 0 Å². The molecule has 0 atom stereocenters. The number of carbonyl (C=O) groups excluding carboxylic acids is 4. The third-order valence-electron chi connectivity index (χ3n) is 15.9. The highest BCUT2D eigenvalue weighted by Crippen LogP contribution is 2.35. The number of hydrogen-bond acceptors (Lipinski definition) is 18. The van der Waals surface area contributed by atoms with Crippen LogP contribution in [0.5, 0.6) is 11.8 Å². The maximum atomic E-state index is 12.9.